The first-order valence-corrected chi connectivity index (χ1v) is 8.24. The van der Waals surface area contributed by atoms with Gasteiger partial charge >= 0.3 is 11.9 Å². The van der Waals surface area contributed by atoms with Gasteiger partial charge in [0.1, 0.15) is 12.2 Å². The Morgan fingerprint density at radius 2 is 1.76 bits per heavy atom. The lowest BCUT2D eigenvalue weighted by Crippen LogP contribution is -2.11. The number of halogens is 3. The predicted molar refractivity (Wildman–Crippen MR) is 97.3 cm³/mol. The summed E-state index contributed by atoms with van der Waals surface area (Å²) < 4.78 is 55.8. The van der Waals surface area contributed by atoms with Gasteiger partial charge < -0.3 is 14.2 Å². The largest absolute Gasteiger partial charge is 0.492 e. The summed E-state index contributed by atoms with van der Waals surface area (Å²) >= 11 is 0. The summed E-state index contributed by atoms with van der Waals surface area (Å²) in [4.78, 5) is 14.6. The Morgan fingerprint density at radius 3 is 2.38 bits per heavy atom. The van der Waals surface area contributed by atoms with Crippen molar-refractivity contribution in [1.29, 1.82) is 0 Å². The highest BCUT2D eigenvalue weighted by molar-refractivity contribution is 5.81. The molecule has 1 aromatic heterocycles. The number of alkyl halides is 3. The molecule has 0 atom stereocenters. The Morgan fingerprint density at radius 1 is 1.07 bits per heavy atom. The van der Waals surface area contributed by atoms with Crippen molar-refractivity contribution in [3.8, 4) is 17.2 Å². The summed E-state index contributed by atoms with van der Waals surface area (Å²) in [6.07, 6.45) is -3.33. The van der Waals surface area contributed by atoms with E-state index < -0.39 is 39.6 Å². The first-order chi connectivity index (χ1) is 13.8. The SMILES string of the molecule is COc1c([N+](=O)[O-])cc(C(F)(F)F)c(OC)c1OCc1cccc2cccnc12. The van der Waals surface area contributed by atoms with Gasteiger partial charge in [-0.2, -0.15) is 13.2 Å². The topological polar surface area (TPSA) is 83.7 Å². The number of hydrogen-bond donors (Lipinski definition) is 0. The zero-order valence-electron chi connectivity index (χ0n) is 15.3. The number of nitrogens with zero attached hydrogens (tertiary/aromatic N) is 2. The van der Waals surface area contributed by atoms with Crippen molar-refractivity contribution in [2.75, 3.05) is 14.2 Å². The average molecular weight is 408 g/mol. The molecular weight excluding hydrogens is 393 g/mol. The van der Waals surface area contributed by atoms with E-state index in [1.807, 2.05) is 12.1 Å². The second-order valence-electron chi connectivity index (χ2n) is 5.87. The molecule has 29 heavy (non-hydrogen) atoms. The molecule has 0 fully saturated rings. The van der Waals surface area contributed by atoms with Crippen LogP contribution in [0.3, 0.4) is 0 Å². The first kappa shape index (κ1) is 20.2. The molecule has 0 aliphatic rings. The molecule has 10 heteroatoms. The highest BCUT2D eigenvalue weighted by Gasteiger charge is 2.41. The Hall–Kier alpha value is -3.56. The zero-order valence-corrected chi connectivity index (χ0v) is 15.3. The smallest absolute Gasteiger partial charge is 0.420 e. The number of nitro groups is 1. The van der Waals surface area contributed by atoms with Crippen LogP contribution < -0.4 is 14.2 Å². The Kier molecular flexibility index (Phi) is 5.44. The molecule has 1 heterocycles. The Bertz CT molecular complexity index is 1060. The van der Waals surface area contributed by atoms with Crippen molar-refractivity contribution in [2.45, 2.75) is 12.8 Å². The number of ether oxygens (including phenoxy) is 3. The summed E-state index contributed by atoms with van der Waals surface area (Å²) in [5.74, 6) is -1.68. The Labute approximate surface area is 162 Å². The molecule has 2 aromatic carbocycles. The van der Waals surface area contributed by atoms with E-state index in [0.717, 1.165) is 19.6 Å². The summed E-state index contributed by atoms with van der Waals surface area (Å²) in [7, 11) is 2.11. The number of hydrogen-bond acceptors (Lipinski definition) is 6. The first-order valence-electron chi connectivity index (χ1n) is 8.24. The summed E-state index contributed by atoms with van der Waals surface area (Å²) in [5.41, 5.74) is -1.05. The van der Waals surface area contributed by atoms with Crippen LogP contribution in [-0.2, 0) is 12.8 Å². The zero-order chi connectivity index (χ0) is 21.2. The van der Waals surface area contributed by atoms with Crippen LogP contribution in [0.15, 0.2) is 42.6 Å². The maximum atomic E-state index is 13.5. The Balaban J connectivity index is 2.14. The molecule has 0 amide bonds. The van der Waals surface area contributed by atoms with Gasteiger partial charge in [0.2, 0.25) is 11.5 Å². The minimum absolute atomic E-state index is 0.209. The molecule has 0 aliphatic heterocycles. The lowest BCUT2D eigenvalue weighted by atomic mass is 10.1. The molecule has 0 radical (unpaired) electrons. The van der Waals surface area contributed by atoms with Crippen LogP contribution in [0.4, 0.5) is 18.9 Å². The van der Waals surface area contributed by atoms with Crippen molar-refractivity contribution in [3.63, 3.8) is 0 Å². The predicted octanol–water partition coefficient (Wildman–Crippen LogP) is 4.76. The molecule has 0 saturated heterocycles. The van der Waals surface area contributed by atoms with E-state index in [-0.39, 0.29) is 6.61 Å². The van der Waals surface area contributed by atoms with Crippen LogP contribution in [0.1, 0.15) is 11.1 Å². The number of para-hydroxylation sites is 1. The van der Waals surface area contributed by atoms with E-state index in [4.69, 9.17) is 14.2 Å². The second kappa shape index (κ2) is 7.82. The summed E-state index contributed by atoms with van der Waals surface area (Å²) in [6, 6.07) is 9.19. The molecule has 0 N–H and O–H groups in total. The highest BCUT2D eigenvalue weighted by Crippen LogP contribution is 2.51. The lowest BCUT2D eigenvalue weighted by Gasteiger charge is -2.19. The average Bonchev–Trinajstić information content (AvgIpc) is 2.69. The minimum Gasteiger partial charge on any atom is -0.492 e. The van der Waals surface area contributed by atoms with Crippen molar-refractivity contribution < 1.29 is 32.3 Å². The third-order valence-electron chi connectivity index (χ3n) is 4.17. The third kappa shape index (κ3) is 3.86. The molecule has 0 bridgehead atoms. The normalized spacial score (nSPS) is 11.3. The van der Waals surface area contributed by atoms with Crippen molar-refractivity contribution in [1.82, 2.24) is 4.98 Å². The van der Waals surface area contributed by atoms with Crippen LogP contribution in [0.25, 0.3) is 10.9 Å². The van der Waals surface area contributed by atoms with Crippen LogP contribution in [0.2, 0.25) is 0 Å². The number of rotatable bonds is 6. The third-order valence-corrected chi connectivity index (χ3v) is 4.17. The van der Waals surface area contributed by atoms with Gasteiger partial charge in [0.15, 0.2) is 5.75 Å². The van der Waals surface area contributed by atoms with Gasteiger partial charge in [-0.15, -0.1) is 0 Å². The molecule has 152 valence electrons. The number of benzene rings is 2. The lowest BCUT2D eigenvalue weighted by molar-refractivity contribution is -0.386. The van der Waals surface area contributed by atoms with Gasteiger partial charge in [0.25, 0.3) is 0 Å². The molecule has 0 spiro atoms. The van der Waals surface area contributed by atoms with E-state index >= 15 is 0 Å². The molecule has 0 aliphatic carbocycles. The number of fused-ring (bicyclic) bond motifs is 1. The maximum absolute atomic E-state index is 13.5. The number of nitro benzene ring substituents is 1. The van der Waals surface area contributed by atoms with Crippen LogP contribution >= 0.6 is 0 Å². The van der Waals surface area contributed by atoms with Gasteiger partial charge in [-0.25, -0.2) is 0 Å². The summed E-state index contributed by atoms with van der Waals surface area (Å²) in [6.45, 7) is -0.209. The quantitative estimate of drug-likeness (QED) is 0.432. The summed E-state index contributed by atoms with van der Waals surface area (Å²) in [5, 5.41) is 12.1. The van der Waals surface area contributed by atoms with Crippen molar-refractivity contribution in [2.24, 2.45) is 0 Å². The van der Waals surface area contributed by atoms with Crippen molar-refractivity contribution >= 4 is 16.6 Å². The van der Waals surface area contributed by atoms with Gasteiger partial charge in [0, 0.05) is 23.2 Å². The molecule has 0 unspecified atom stereocenters. The van der Waals surface area contributed by atoms with Crippen molar-refractivity contribution in [3.05, 3.63) is 63.8 Å². The van der Waals surface area contributed by atoms with Crippen LogP contribution in [-0.4, -0.2) is 24.1 Å². The number of aromatic nitrogens is 1. The highest BCUT2D eigenvalue weighted by atomic mass is 19.4. The molecule has 0 saturated carbocycles. The van der Waals surface area contributed by atoms with Gasteiger partial charge in [-0.05, 0) is 6.07 Å². The number of methoxy groups -OCH3 is 2. The van der Waals surface area contributed by atoms with E-state index in [0.29, 0.717) is 17.1 Å². The fourth-order valence-corrected chi connectivity index (χ4v) is 2.92. The fourth-order valence-electron chi connectivity index (χ4n) is 2.92. The molecule has 7 nitrogen and oxygen atoms in total. The van der Waals surface area contributed by atoms with Gasteiger partial charge in [0.05, 0.1) is 24.7 Å². The van der Waals surface area contributed by atoms with Crippen LogP contribution in [0.5, 0.6) is 17.2 Å². The van der Waals surface area contributed by atoms with E-state index in [1.165, 1.54) is 0 Å². The van der Waals surface area contributed by atoms with Gasteiger partial charge in [-0.3, -0.25) is 15.1 Å². The van der Waals surface area contributed by atoms with Gasteiger partial charge in [-0.1, -0.05) is 24.3 Å². The second-order valence-corrected chi connectivity index (χ2v) is 5.87. The standard InChI is InChI=1S/C19H15F3N2O5/c1-27-16-13(19(20,21)22)9-14(24(25)26)17(28-2)18(16)29-10-12-6-3-5-11-7-4-8-23-15(11)12/h3-9H,10H2,1-2H3. The number of pyridine rings is 1. The molecular formula is C19H15F3N2O5. The van der Waals surface area contributed by atoms with E-state index in [9.17, 15) is 23.3 Å². The minimum atomic E-state index is -4.90. The molecule has 3 rings (SSSR count). The molecule has 3 aromatic rings. The van der Waals surface area contributed by atoms with Crippen LogP contribution in [0, 0.1) is 10.1 Å². The fraction of sp³-hybridized carbons (Fsp3) is 0.211. The van der Waals surface area contributed by atoms with E-state index in [2.05, 4.69) is 4.98 Å². The van der Waals surface area contributed by atoms with E-state index in [1.54, 1.807) is 24.4 Å². The maximum Gasteiger partial charge on any atom is 0.420 e. The monoisotopic (exact) mass is 408 g/mol.